The van der Waals surface area contributed by atoms with Crippen LogP contribution in [0.15, 0.2) is 0 Å². The number of phosphoric acid groups is 2. The lowest BCUT2D eigenvalue weighted by molar-refractivity contribution is -0.161. The van der Waals surface area contributed by atoms with Crippen molar-refractivity contribution in [3.8, 4) is 0 Å². The van der Waals surface area contributed by atoms with Gasteiger partial charge >= 0.3 is 39.5 Å². The lowest BCUT2D eigenvalue weighted by Crippen LogP contribution is -2.30. The van der Waals surface area contributed by atoms with Crippen LogP contribution in [0.3, 0.4) is 0 Å². The number of esters is 4. The van der Waals surface area contributed by atoms with Gasteiger partial charge in [0.2, 0.25) is 0 Å². The first-order valence-electron chi connectivity index (χ1n) is 40.1. The zero-order valence-corrected chi connectivity index (χ0v) is 64.3. The quantitative estimate of drug-likeness (QED) is 0.0222. The Balaban J connectivity index is 5.25. The van der Waals surface area contributed by atoms with E-state index in [9.17, 15) is 43.2 Å². The fraction of sp³-hybridized carbons (Fsp3) is 0.948. The molecule has 96 heavy (non-hydrogen) atoms. The molecule has 3 N–H and O–H groups in total. The van der Waals surface area contributed by atoms with Gasteiger partial charge in [-0.15, -0.1) is 0 Å². The summed E-state index contributed by atoms with van der Waals surface area (Å²) in [5.41, 5.74) is 0. The minimum Gasteiger partial charge on any atom is -0.462 e. The van der Waals surface area contributed by atoms with E-state index in [4.69, 9.17) is 37.0 Å². The summed E-state index contributed by atoms with van der Waals surface area (Å²) in [6.45, 7) is 7.30. The number of hydrogen-bond donors (Lipinski definition) is 3. The fourth-order valence-electron chi connectivity index (χ4n) is 11.9. The first kappa shape index (κ1) is 94.1. The SMILES string of the molecule is CCCCCCCCCCCCCCCCCCCCC(=O)O[C@H](COC(=O)CCCCCCCCCCCCC(C)C)COP(=O)(O)OC[C@@H](O)COP(=O)(O)OC[C@@H](COC(=O)CCCCCCCCCCCCCC)OC(=O)CCCCCCCCCCCCCCC. The van der Waals surface area contributed by atoms with Gasteiger partial charge in [-0.3, -0.25) is 37.3 Å². The molecule has 0 aliphatic carbocycles. The Labute approximate surface area is 588 Å². The van der Waals surface area contributed by atoms with Gasteiger partial charge in [0.1, 0.15) is 19.3 Å². The van der Waals surface area contributed by atoms with Crippen LogP contribution in [-0.2, 0) is 65.4 Å². The molecule has 5 atom stereocenters. The van der Waals surface area contributed by atoms with Crippen LogP contribution in [0.2, 0.25) is 0 Å². The van der Waals surface area contributed by atoms with Gasteiger partial charge in [-0.1, -0.05) is 356 Å². The summed E-state index contributed by atoms with van der Waals surface area (Å²) in [6.07, 6.45) is 59.5. The maximum atomic E-state index is 13.1. The van der Waals surface area contributed by atoms with Gasteiger partial charge < -0.3 is 33.8 Å². The van der Waals surface area contributed by atoms with E-state index in [0.717, 1.165) is 95.8 Å². The minimum absolute atomic E-state index is 0.108. The second-order valence-electron chi connectivity index (χ2n) is 28.2. The van der Waals surface area contributed by atoms with Crippen molar-refractivity contribution in [3.63, 3.8) is 0 Å². The van der Waals surface area contributed by atoms with Gasteiger partial charge in [-0.05, 0) is 31.6 Å². The van der Waals surface area contributed by atoms with Crippen molar-refractivity contribution >= 4 is 39.5 Å². The van der Waals surface area contributed by atoms with Crippen molar-refractivity contribution in [1.82, 2.24) is 0 Å². The van der Waals surface area contributed by atoms with Gasteiger partial charge in [-0.25, -0.2) is 9.13 Å². The van der Waals surface area contributed by atoms with E-state index >= 15 is 0 Å². The molecule has 0 fully saturated rings. The predicted molar refractivity (Wildman–Crippen MR) is 391 cm³/mol. The van der Waals surface area contributed by atoms with E-state index in [1.165, 1.54) is 231 Å². The van der Waals surface area contributed by atoms with E-state index in [-0.39, 0.29) is 25.7 Å². The lowest BCUT2D eigenvalue weighted by Gasteiger charge is -2.21. The van der Waals surface area contributed by atoms with Crippen molar-refractivity contribution in [2.24, 2.45) is 5.92 Å². The van der Waals surface area contributed by atoms with E-state index < -0.39 is 97.5 Å². The standard InChI is InChI=1S/C77H150O17P2/c1-6-9-12-15-18-21-24-27-28-29-30-31-33-36-43-48-53-58-63-77(82)94-73(67-88-75(80)61-56-51-46-41-38-37-39-44-49-54-59-70(4)5)69-92-96(85,86)90-65-71(78)64-89-95(83,84)91-68-72(66-87-74(79)60-55-50-45-40-34-26-23-20-17-14-11-8-3)93-76(81)62-57-52-47-42-35-32-25-22-19-16-13-10-7-2/h70-73,78H,6-69H2,1-5H3,(H,83,84)(H,85,86)/t71-,72+,73+/m0/s1. The maximum Gasteiger partial charge on any atom is 0.472 e. The average molecular weight is 1410 g/mol. The number of carbonyl (C=O) groups excluding carboxylic acids is 4. The highest BCUT2D eigenvalue weighted by molar-refractivity contribution is 7.47. The Morgan fingerprint density at radius 1 is 0.281 bits per heavy atom. The molecule has 0 amide bonds. The number of rotatable bonds is 77. The lowest BCUT2D eigenvalue weighted by atomic mass is 10.0. The molecule has 0 saturated heterocycles. The first-order valence-corrected chi connectivity index (χ1v) is 43.1. The van der Waals surface area contributed by atoms with Crippen LogP contribution >= 0.6 is 15.6 Å². The molecule has 0 spiro atoms. The summed E-state index contributed by atoms with van der Waals surface area (Å²) >= 11 is 0. The monoisotopic (exact) mass is 1410 g/mol. The smallest absolute Gasteiger partial charge is 0.462 e. The van der Waals surface area contributed by atoms with Crippen molar-refractivity contribution < 1.29 is 80.2 Å². The van der Waals surface area contributed by atoms with Crippen LogP contribution in [-0.4, -0.2) is 96.7 Å². The van der Waals surface area contributed by atoms with Crippen LogP contribution in [0.25, 0.3) is 0 Å². The highest BCUT2D eigenvalue weighted by Gasteiger charge is 2.30. The second-order valence-corrected chi connectivity index (χ2v) is 31.1. The molecule has 0 heterocycles. The zero-order valence-electron chi connectivity index (χ0n) is 62.5. The zero-order chi connectivity index (χ0) is 70.5. The van der Waals surface area contributed by atoms with Crippen LogP contribution in [0.1, 0.15) is 407 Å². The molecule has 570 valence electrons. The van der Waals surface area contributed by atoms with Crippen molar-refractivity contribution in [2.75, 3.05) is 39.6 Å². The Hall–Kier alpha value is -1.94. The van der Waals surface area contributed by atoms with Gasteiger partial charge in [0, 0.05) is 25.7 Å². The third kappa shape index (κ3) is 70.5. The number of aliphatic hydroxyl groups excluding tert-OH is 1. The van der Waals surface area contributed by atoms with E-state index in [0.29, 0.717) is 25.7 Å². The molecule has 0 aromatic rings. The van der Waals surface area contributed by atoms with Gasteiger partial charge in [0.25, 0.3) is 0 Å². The number of aliphatic hydroxyl groups is 1. The van der Waals surface area contributed by atoms with E-state index in [1.807, 2.05) is 0 Å². The number of hydrogen-bond acceptors (Lipinski definition) is 15. The van der Waals surface area contributed by atoms with E-state index in [1.54, 1.807) is 0 Å². The summed E-state index contributed by atoms with van der Waals surface area (Å²) < 4.78 is 68.6. The molecule has 0 aromatic carbocycles. The largest absolute Gasteiger partial charge is 0.472 e. The predicted octanol–water partition coefficient (Wildman–Crippen LogP) is 22.9. The summed E-state index contributed by atoms with van der Waals surface area (Å²) in [4.78, 5) is 72.9. The maximum absolute atomic E-state index is 13.1. The Kier molecular flexibility index (Phi) is 68.7. The van der Waals surface area contributed by atoms with Gasteiger partial charge in [-0.2, -0.15) is 0 Å². The second kappa shape index (κ2) is 70.1. The highest BCUT2D eigenvalue weighted by Crippen LogP contribution is 2.45. The first-order chi connectivity index (χ1) is 46.5. The molecule has 0 bridgehead atoms. The molecule has 0 saturated carbocycles. The molecule has 0 radical (unpaired) electrons. The average Bonchev–Trinajstić information content (AvgIpc) is 1.47. The third-order valence-corrected chi connectivity index (χ3v) is 19.9. The van der Waals surface area contributed by atoms with Crippen LogP contribution in [0.5, 0.6) is 0 Å². The summed E-state index contributed by atoms with van der Waals surface area (Å²) in [5.74, 6) is -1.35. The number of ether oxygens (including phenoxy) is 4. The normalized spacial score (nSPS) is 13.9. The molecular formula is C77H150O17P2. The molecule has 19 heteroatoms. The molecule has 0 aromatic heterocycles. The Morgan fingerprint density at radius 3 is 0.708 bits per heavy atom. The topological polar surface area (TPSA) is 237 Å². The number of unbranched alkanes of at least 4 members (excludes halogenated alkanes) is 49. The molecule has 17 nitrogen and oxygen atoms in total. The molecule has 0 aliphatic rings. The van der Waals surface area contributed by atoms with Crippen LogP contribution < -0.4 is 0 Å². The summed E-state index contributed by atoms with van der Waals surface area (Å²) in [5, 5.41) is 10.6. The van der Waals surface area contributed by atoms with Crippen LogP contribution in [0, 0.1) is 5.92 Å². The highest BCUT2D eigenvalue weighted by atomic mass is 31.2. The molecule has 0 rings (SSSR count). The minimum atomic E-state index is -4.96. The Morgan fingerprint density at radius 2 is 0.479 bits per heavy atom. The van der Waals surface area contributed by atoms with Crippen molar-refractivity contribution in [2.45, 2.75) is 425 Å². The molecular weight excluding hydrogens is 1260 g/mol. The molecule has 0 aliphatic heterocycles. The third-order valence-electron chi connectivity index (χ3n) is 18.0. The fourth-order valence-corrected chi connectivity index (χ4v) is 13.5. The Bertz CT molecular complexity index is 1840. The van der Waals surface area contributed by atoms with Crippen molar-refractivity contribution in [3.05, 3.63) is 0 Å². The summed E-state index contributed by atoms with van der Waals surface area (Å²) in [6, 6.07) is 0. The number of carbonyl (C=O) groups is 4. The van der Waals surface area contributed by atoms with Crippen molar-refractivity contribution in [1.29, 1.82) is 0 Å². The van der Waals surface area contributed by atoms with E-state index in [2.05, 4.69) is 34.6 Å². The van der Waals surface area contributed by atoms with Crippen LogP contribution in [0.4, 0.5) is 0 Å². The summed E-state index contributed by atoms with van der Waals surface area (Å²) in [7, 11) is -9.91. The molecule has 2 unspecified atom stereocenters. The number of phosphoric ester groups is 2. The van der Waals surface area contributed by atoms with Gasteiger partial charge in [0.05, 0.1) is 26.4 Å². The van der Waals surface area contributed by atoms with Gasteiger partial charge in [0.15, 0.2) is 12.2 Å².